The molecule has 7 nitrogen and oxygen atoms in total. The number of ether oxygens (including phenoxy) is 2. The Morgan fingerprint density at radius 3 is 2.62 bits per heavy atom. The van der Waals surface area contributed by atoms with Crippen molar-refractivity contribution in [1.29, 1.82) is 0 Å². The molecule has 1 aliphatic heterocycles. The molecule has 2 aromatic carbocycles. The van der Waals surface area contributed by atoms with Crippen molar-refractivity contribution in [1.82, 2.24) is 0 Å². The number of hydrogen-bond donors (Lipinski definition) is 0. The molecule has 144 valence electrons. The summed E-state index contributed by atoms with van der Waals surface area (Å²) in [6, 6.07) is 17.1. The Morgan fingerprint density at radius 2 is 1.90 bits per heavy atom. The maximum atomic E-state index is 12.2. The van der Waals surface area contributed by atoms with E-state index in [-0.39, 0.29) is 18.0 Å². The van der Waals surface area contributed by atoms with Crippen LogP contribution in [0.3, 0.4) is 0 Å². The third kappa shape index (κ3) is 4.22. The fourth-order valence-corrected chi connectivity index (χ4v) is 3.32. The van der Waals surface area contributed by atoms with E-state index in [0.29, 0.717) is 17.2 Å². The van der Waals surface area contributed by atoms with Crippen LogP contribution in [-0.2, 0) is 16.1 Å². The highest BCUT2D eigenvalue weighted by atomic mass is 32.1. The minimum Gasteiger partial charge on any atom is -0.488 e. The van der Waals surface area contributed by atoms with Gasteiger partial charge in [0.05, 0.1) is 9.80 Å². The number of cyclic esters (lactones) is 1. The molecule has 1 aromatic heterocycles. The molecule has 0 radical (unpaired) electrons. The van der Waals surface area contributed by atoms with Gasteiger partial charge in [0.15, 0.2) is 5.70 Å². The lowest BCUT2D eigenvalue weighted by molar-refractivity contribution is -0.384. The first-order valence-electron chi connectivity index (χ1n) is 8.62. The number of thiophene rings is 1. The van der Waals surface area contributed by atoms with Crippen LogP contribution in [0.5, 0.6) is 5.75 Å². The first kappa shape index (κ1) is 18.6. The number of esters is 1. The van der Waals surface area contributed by atoms with Gasteiger partial charge in [0.2, 0.25) is 5.90 Å². The number of para-hydroxylation sites is 1. The predicted molar refractivity (Wildman–Crippen MR) is 109 cm³/mol. The Balaban J connectivity index is 1.53. The van der Waals surface area contributed by atoms with Gasteiger partial charge in [-0.3, -0.25) is 10.1 Å². The highest BCUT2D eigenvalue weighted by molar-refractivity contribution is 7.12. The van der Waals surface area contributed by atoms with Crippen LogP contribution in [0.15, 0.2) is 76.7 Å². The fourth-order valence-electron chi connectivity index (χ4n) is 2.67. The summed E-state index contributed by atoms with van der Waals surface area (Å²) in [6.45, 7) is 0.229. The van der Waals surface area contributed by atoms with E-state index in [1.807, 2.05) is 35.7 Å². The smallest absolute Gasteiger partial charge is 0.363 e. The molecular weight excluding hydrogens is 392 g/mol. The Kier molecular flexibility index (Phi) is 5.17. The zero-order chi connectivity index (χ0) is 20.2. The van der Waals surface area contributed by atoms with Crippen molar-refractivity contribution in [2.24, 2.45) is 4.99 Å². The summed E-state index contributed by atoms with van der Waals surface area (Å²) < 4.78 is 11.1. The minimum atomic E-state index is -0.515. The number of carbonyl (C=O) groups excluding carboxylic acids is 1. The van der Waals surface area contributed by atoms with Gasteiger partial charge in [-0.15, -0.1) is 11.3 Å². The van der Waals surface area contributed by atoms with Gasteiger partial charge in [-0.25, -0.2) is 9.79 Å². The Hall–Kier alpha value is -3.78. The van der Waals surface area contributed by atoms with Crippen LogP contribution < -0.4 is 4.74 Å². The number of hydrogen-bond acceptors (Lipinski definition) is 7. The van der Waals surface area contributed by atoms with Crippen LogP contribution in [-0.4, -0.2) is 16.8 Å². The molecule has 0 aliphatic carbocycles. The van der Waals surface area contributed by atoms with Crippen molar-refractivity contribution in [2.45, 2.75) is 6.61 Å². The number of aliphatic imine (C=N–C) groups is 1. The summed E-state index contributed by atoms with van der Waals surface area (Å²) in [7, 11) is 0. The van der Waals surface area contributed by atoms with Crippen molar-refractivity contribution < 1.29 is 19.2 Å². The summed E-state index contributed by atoms with van der Waals surface area (Å²) in [5, 5.41) is 12.6. The Morgan fingerprint density at radius 1 is 1.10 bits per heavy atom. The van der Waals surface area contributed by atoms with E-state index in [1.54, 1.807) is 24.3 Å². The second kappa shape index (κ2) is 8.07. The zero-order valence-corrected chi connectivity index (χ0v) is 15.8. The van der Waals surface area contributed by atoms with E-state index in [9.17, 15) is 14.9 Å². The average Bonchev–Trinajstić information content (AvgIpc) is 3.38. The lowest BCUT2D eigenvalue weighted by Gasteiger charge is -2.09. The predicted octanol–water partition coefficient (Wildman–Crippen LogP) is 4.58. The molecule has 0 bridgehead atoms. The van der Waals surface area contributed by atoms with E-state index in [0.717, 1.165) is 10.4 Å². The third-order valence-electron chi connectivity index (χ3n) is 4.11. The van der Waals surface area contributed by atoms with Gasteiger partial charge >= 0.3 is 5.97 Å². The summed E-state index contributed by atoms with van der Waals surface area (Å²) in [5.74, 6) is 0.338. The molecule has 0 unspecified atom stereocenters. The average molecular weight is 406 g/mol. The molecule has 0 atom stereocenters. The van der Waals surface area contributed by atoms with Crippen molar-refractivity contribution >= 4 is 35.0 Å². The minimum absolute atomic E-state index is 0.0260. The number of carbonyl (C=O) groups is 1. The molecule has 0 fully saturated rings. The molecule has 0 saturated heterocycles. The number of rotatable bonds is 6. The highest BCUT2D eigenvalue weighted by Gasteiger charge is 2.25. The molecule has 0 N–H and O–H groups in total. The second-order valence-electron chi connectivity index (χ2n) is 6.06. The SMILES string of the molecule is O=C1OC(c2cccs2)=N/C1=C/c1ccccc1OCc1ccc([N+](=O)[O-])cc1. The number of non-ortho nitro benzene ring substituents is 1. The van der Waals surface area contributed by atoms with Crippen molar-refractivity contribution in [3.05, 3.63) is 97.9 Å². The van der Waals surface area contributed by atoms with Crippen molar-refractivity contribution in [3.63, 3.8) is 0 Å². The molecule has 1 aliphatic rings. The molecule has 0 saturated carbocycles. The van der Waals surface area contributed by atoms with E-state index in [4.69, 9.17) is 9.47 Å². The van der Waals surface area contributed by atoms with Crippen LogP contribution in [0.1, 0.15) is 16.0 Å². The summed E-state index contributed by atoms with van der Waals surface area (Å²) in [5.41, 5.74) is 1.69. The first-order valence-corrected chi connectivity index (χ1v) is 9.50. The molecule has 3 aromatic rings. The number of nitro groups is 1. The lowest BCUT2D eigenvalue weighted by Crippen LogP contribution is -2.03. The van der Waals surface area contributed by atoms with E-state index >= 15 is 0 Å². The van der Waals surface area contributed by atoms with E-state index in [2.05, 4.69) is 4.99 Å². The van der Waals surface area contributed by atoms with Gasteiger partial charge in [0, 0.05) is 17.7 Å². The molecule has 0 spiro atoms. The zero-order valence-electron chi connectivity index (χ0n) is 15.0. The Bertz CT molecular complexity index is 1120. The third-order valence-corrected chi connectivity index (χ3v) is 4.96. The molecule has 2 heterocycles. The first-order chi connectivity index (χ1) is 14.1. The summed E-state index contributed by atoms with van der Waals surface area (Å²) >= 11 is 1.44. The summed E-state index contributed by atoms with van der Waals surface area (Å²) in [4.78, 5) is 27.5. The van der Waals surface area contributed by atoms with Crippen LogP contribution >= 0.6 is 11.3 Å². The molecule has 8 heteroatoms. The number of benzene rings is 2. The number of nitro benzene ring substituents is 1. The number of nitrogens with zero attached hydrogens (tertiary/aromatic N) is 2. The monoisotopic (exact) mass is 406 g/mol. The van der Waals surface area contributed by atoms with Gasteiger partial charge in [-0.05, 0) is 41.3 Å². The quantitative estimate of drug-likeness (QED) is 0.259. The second-order valence-corrected chi connectivity index (χ2v) is 7.01. The summed E-state index contributed by atoms with van der Waals surface area (Å²) in [6.07, 6.45) is 1.62. The topological polar surface area (TPSA) is 91.0 Å². The van der Waals surface area contributed by atoms with Crippen LogP contribution in [0.25, 0.3) is 6.08 Å². The fraction of sp³-hybridized carbons (Fsp3) is 0.0476. The van der Waals surface area contributed by atoms with Crippen LogP contribution in [0.4, 0.5) is 5.69 Å². The normalized spacial score (nSPS) is 14.6. The largest absolute Gasteiger partial charge is 0.488 e. The highest BCUT2D eigenvalue weighted by Crippen LogP contribution is 2.26. The maximum Gasteiger partial charge on any atom is 0.363 e. The molecule has 4 rings (SSSR count). The van der Waals surface area contributed by atoms with Gasteiger partial charge in [-0.1, -0.05) is 24.3 Å². The molecule has 0 amide bonds. The van der Waals surface area contributed by atoms with Crippen molar-refractivity contribution in [3.8, 4) is 5.75 Å². The van der Waals surface area contributed by atoms with E-state index < -0.39 is 10.9 Å². The van der Waals surface area contributed by atoms with Gasteiger partial charge in [0.25, 0.3) is 5.69 Å². The Labute approximate surface area is 169 Å². The maximum absolute atomic E-state index is 12.2. The molecule has 29 heavy (non-hydrogen) atoms. The molecular formula is C21H14N2O5S. The standard InChI is InChI=1S/C21H14N2O5S/c24-21-17(22-20(28-21)19-6-3-11-29-19)12-15-4-1-2-5-18(15)27-13-14-7-9-16(10-8-14)23(25)26/h1-12H,13H2/b17-12+. The van der Waals surface area contributed by atoms with Crippen LogP contribution in [0, 0.1) is 10.1 Å². The van der Waals surface area contributed by atoms with E-state index in [1.165, 1.54) is 23.5 Å². The van der Waals surface area contributed by atoms with Gasteiger partial charge in [-0.2, -0.15) is 0 Å². The van der Waals surface area contributed by atoms with Crippen molar-refractivity contribution in [2.75, 3.05) is 0 Å². The lowest BCUT2D eigenvalue weighted by atomic mass is 10.1. The van der Waals surface area contributed by atoms with Gasteiger partial charge < -0.3 is 9.47 Å². The van der Waals surface area contributed by atoms with Gasteiger partial charge in [0.1, 0.15) is 12.4 Å². The van der Waals surface area contributed by atoms with Crippen LogP contribution in [0.2, 0.25) is 0 Å².